The van der Waals surface area contributed by atoms with Crippen LogP contribution in [-0.4, -0.2) is 36.2 Å². The first-order valence-electron chi connectivity index (χ1n) is 5.68. The summed E-state index contributed by atoms with van der Waals surface area (Å²) in [6.45, 7) is 5.77. The Morgan fingerprint density at radius 3 is 2.68 bits per heavy atom. The molecule has 1 N–H and O–H groups in total. The summed E-state index contributed by atoms with van der Waals surface area (Å²) in [7, 11) is 0. The van der Waals surface area contributed by atoms with E-state index >= 15 is 0 Å². The highest BCUT2D eigenvalue weighted by atomic mass is 16.6. The molecule has 0 saturated carbocycles. The molecule has 2 aromatic heterocycles. The second-order valence-corrected chi connectivity index (χ2v) is 3.80. The van der Waals surface area contributed by atoms with Crippen LogP contribution in [0.5, 0.6) is 0 Å². The minimum atomic E-state index is -0.524. The third kappa shape index (κ3) is 2.34. The number of nitrogens with zero attached hydrogens (tertiary/aromatic N) is 6. The lowest BCUT2D eigenvalue weighted by atomic mass is 10.4. The molecule has 0 unspecified atom stereocenters. The Bertz CT molecular complexity index is 622. The minimum absolute atomic E-state index is 0.106. The lowest BCUT2D eigenvalue weighted by Crippen LogP contribution is -2.11. The Labute approximate surface area is 108 Å². The summed E-state index contributed by atoms with van der Waals surface area (Å²) in [6.07, 6.45) is 1.26. The van der Waals surface area contributed by atoms with Gasteiger partial charge in [-0.05, 0) is 20.8 Å². The standard InChI is InChI=1S/C10H13N7O2/c1-4-11-9-8(17(18)19)10(13-5-12-9)16-7(3)14-6(2)15-16/h5H,4H2,1-3H3,(H,11,12,13). The van der Waals surface area contributed by atoms with Crippen molar-refractivity contribution in [3.8, 4) is 5.82 Å². The molecule has 19 heavy (non-hydrogen) atoms. The predicted molar refractivity (Wildman–Crippen MR) is 67.2 cm³/mol. The first-order chi connectivity index (χ1) is 9.04. The van der Waals surface area contributed by atoms with E-state index in [9.17, 15) is 10.1 Å². The molecule has 100 valence electrons. The second-order valence-electron chi connectivity index (χ2n) is 3.80. The molecule has 0 aromatic carbocycles. The van der Waals surface area contributed by atoms with E-state index in [1.54, 1.807) is 13.8 Å². The van der Waals surface area contributed by atoms with E-state index < -0.39 is 4.92 Å². The molecule has 0 bridgehead atoms. The number of hydrogen-bond donors (Lipinski definition) is 1. The normalized spacial score (nSPS) is 10.5. The van der Waals surface area contributed by atoms with Crippen LogP contribution in [0.3, 0.4) is 0 Å². The molecule has 0 radical (unpaired) electrons. The molecule has 2 rings (SSSR count). The van der Waals surface area contributed by atoms with Crippen LogP contribution in [0.1, 0.15) is 18.6 Å². The van der Waals surface area contributed by atoms with E-state index in [-0.39, 0.29) is 17.3 Å². The van der Waals surface area contributed by atoms with Crippen molar-refractivity contribution in [1.82, 2.24) is 24.7 Å². The molecule has 0 aliphatic rings. The Kier molecular flexibility index (Phi) is 3.36. The summed E-state index contributed by atoms with van der Waals surface area (Å²) in [5, 5.41) is 18.2. The number of nitrogens with one attached hydrogen (secondary N) is 1. The van der Waals surface area contributed by atoms with E-state index in [1.807, 2.05) is 6.92 Å². The van der Waals surface area contributed by atoms with Crippen LogP contribution < -0.4 is 5.32 Å². The quantitative estimate of drug-likeness (QED) is 0.647. The molecular weight excluding hydrogens is 250 g/mol. The molecule has 0 aliphatic heterocycles. The third-order valence-electron chi connectivity index (χ3n) is 2.41. The Hall–Kier alpha value is -2.58. The van der Waals surface area contributed by atoms with Gasteiger partial charge in [-0.25, -0.2) is 15.0 Å². The van der Waals surface area contributed by atoms with Gasteiger partial charge in [-0.15, -0.1) is 5.10 Å². The van der Waals surface area contributed by atoms with Gasteiger partial charge < -0.3 is 5.32 Å². The van der Waals surface area contributed by atoms with E-state index in [0.29, 0.717) is 18.2 Å². The summed E-state index contributed by atoms with van der Waals surface area (Å²) in [5.74, 6) is 1.33. The maximum Gasteiger partial charge on any atom is 0.355 e. The zero-order valence-electron chi connectivity index (χ0n) is 10.8. The smallest absolute Gasteiger partial charge is 0.355 e. The second kappa shape index (κ2) is 4.96. The molecule has 9 nitrogen and oxygen atoms in total. The maximum atomic E-state index is 11.2. The number of aryl methyl sites for hydroxylation is 2. The van der Waals surface area contributed by atoms with Crippen LogP contribution in [0.25, 0.3) is 5.82 Å². The lowest BCUT2D eigenvalue weighted by Gasteiger charge is -2.07. The summed E-state index contributed by atoms with van der Waals surface area (Å²) < 4.78 is 1.34. The van der Waals surface area contributed by atoms with Gasteiger partial charge in [0.15, 0.2) is 0 Å². The van der Waals surface area contributed by atoms with Crippen molar-refractivity contribution in [2.45, 2.75) is 20.8 Å². The van der Waals surface area contributed by atoms with Crippen molar-refractivity contribution in [2.24, 2.45) is 0 Å². The topological polar surface area (TPSA) is 112 Å². The summed E-state index contributed by atoms with van der Waals surface area (Å²) >= 11 is 0. The fraction of sp³-hybridized carbons (Fsp3) is 0.400. The molecule has 2 heterocycles. The van der Waals surface area contributed by atoms with Crippen molar-refractivity contribution in [2.75, 3.05) is 11.9 Å². The van der Waals surface area contributed by atoms with Gasteiger partial charge in [0, 0.05) is 6.54 Å². The van der Waals surface area contributed by atoms with Crippen molar-refractivity contribution < 1.29 is 4.92 Å². The van der Waals surface area contributed by atoms with E-state index in [4.69, 9.17) is 0 Å². The molecule has 0 atom stereocenters. The van der Waals surface area contributed by atoms with Crippen LogP contribution in [-0.2, 0) is 0 Å². The van der Waals surface area contributed by atoms with Crippen molar-refractivity contribution in [3.05, 3.63) is 28.1 Å². The van der Waals surface area contributed by atoms with E-state index in [1.165, 1.54) is 11.0 Å². The van der Waals surface area contributed by atoms with E-state index in [0.717, 1.165) is 0 Å². The highest BCUT2D eigenvalue weighted by Crippen LogP contribution is 2.27. The maximum absolute atomic E-state index is 11.2. The Balaban J connectivity index is 2.66. The third-order valence-corrected chi connectivity index (χ3v) is 2.41. The van der Waals surface area contributed by atoms with Crippen molar-refractivity contribution in [3.63, 3.8) is 0 Å². The molecule has 2 aromatic rings. The number of hydrogen-bond acceptors (Lipinski definition) is 7. The molecular formula is C10H13N7O2. The fourth-order valence-corrected chi connectivity index (χ4v) is 1.71. The molecule has 0 saturated heterocycles. The summed E-state index contributed by atoms with van der Waals surface area (Å²) in [4.78, 5) is 22.7. The van der Waals surface area contributed by atoms with Crippen LogP contribution in [0.4, 0.5) is 11.5 Å². The van der Waals surface area contributed by atoms with Gasteiger partial charge in [0.25, 0.3) is 0 Å². The number of aromatic nitrogens is 5. The molecule has 0 fully saturated rings. The average Bonchev–Trinajstić information content (AvgIpc) is 2.68. The van der Waals surface area contributed by atoms with Crippen LogP contribution >= 0.6 is 0 Å². The van der Waals surface area contributed by atoms with Gasteiger partial charge in [-0.1, -0.05) is 0 Å². The number of rotatable bonds is 4. The monoisotopic (exact) mass is 263 g/mol. The summed E-state index contributed by atoms with van der Waals surface area (Å²) in [5.41, 5.74) is -0.211. The molecule has 0 aliphatic carbocycles. The minimum Gasteiger partial charge on any atom is -0.364 e. The number of anilines is 1. The average molecular weight is 263 g/mol. The van der Waals surface area contributed by atoms with Gasteiger partial charge in [-0.3, -0.25) is 10.1 Å². The van der Waals surface area contributed by atoms with Gasteiger partial charge in [-0.2, -0.15) is 4.68 Å². The fourth-order valence-electron chi connectivity index (χ4n) is 1.71. The van der Waals surface area contributed by atoms with E-state index in [2.05, 4.69) is 25.4 Å². The molecule has 0 spiro atoms. The molecule has 9 heteroatoms. The Morgan fingerprint density at radius 1 is 1.42 bits per heavy atom. The predicted octanol–water partition coefficient (Wildman–Crippen LogP) is 1.01. The first-order valence-corrected chi connectivity index (χ1v) is 5.68. The Morgan fingerprint density at radius 2 is 2.16 bits per heavy atom. The van der Waals surface area contributed by atoms with Crippen molar-refractivity contribution in [1.29, 1.82) is 0 Å². The number of nitro groups is 1. The van der Waals surface area contributed by atoms with Crippen LogP contribution in [0.15, 0.2) is 6.33 Å². The molecule has 0 amide bonds. The van der Waals surface area contributed by atoms with Crippen LogP contribution in [0.2, 0.25) is 0 Å². The van der Waals surface area contributed by atoms with Crippen molar-refractivity contribution >= 4 is 11.5 Å². The summed E-state index contributed by atoms with van der Waals surface area (Å²) in [6, 6.07) is 0. The highest BCUT2D eigenvalue weighted by Gasteiger charge is 2.25. The zero-order chi connectivity index (χ0) is 14.0. The largest absolute Gasteiger partial charge is 0.364 e. The van der Waals surface area contributed by atoms with Gasteiger partial charge in [0.05, 0.1) is 4.92 Å². The first kappa shape index (κ1) is 12.9. The van der Waals surface area contributed by atoms with Gasteiger partial charge in [0.2, 0.25) is 11.6 Å². The van der Waals surface area contributed by atoms with Crippen LogP contribution in [0, 0.1) is 24.0 Å². The van der Waals surface area contributed by atoms with Gasteiger partial charge >= 0.3 is 5.69 Å². The highest BCUT2D eigenvalue weighted by molar-refractivity contribution is 5.63. The SMILES string of the molecule is CCNc1ncnc(-n2nc(C)nc2C)c1[N+](=O)[O-]. The lowest BCUT2D eigenvalue weighted by molar-refractivity contribution is -0.384. The van der Waals surface area contributed by atoms with Gasteiger partial charge in [0.1, 0.15) is 18.0 Å². The zero-order valence-corrected chi connectivity index (χ0v) is 10.8.